The zero-order chi connectivity index (χ0) is 17.3. The van der Waals surface area contributed by atoms with Crippen LogP contribution in [0.3, 0.4) is 0 Å². The highest BCUT2D eigenvalue weighted by Gasteiger charge is 2.19. The van der Waals surface area contributed by atoms with Gasteiger partial charge in [-0.05, 0) is 42.5 Å². The SMILES string of the molecule is Cc1ccc(S(=O)(=O)NC(C)c2ccc(C(C)(C)C)cc2)cc1. The van der Waals surface area contributed by atoms with Crippen molar-refractivity contribution in [3.63, 3.8) is 0 Å². The fourth-order valence-electron chi connectivity index (χ4n) is 2.36. The predicted octanol–water partition coefficient (Wildman–Crippen LogP) is 4.33. The topological polar surface area (TPSA) is 46.2 Å². The molecule has 0 aliphatic rings. The van der Waals surface area contributed by atoms with E-state index in [-0.39, 0.29) is 11.5 Å². The quantitative estimate of drug-likeness (QED) is 0.906. The molecule has 0 aromatic heterocycles. The molecule has 1 unspecified atom stereocenters. The molecule has 23 heavy (non-hydrogen) atoms. The van der Waals surface area contributed by atoms with Gasteiger partial charge in [0.2, 0.25) is 10.0 Å². The van der Waals surface area contributed by atoms with Crippen molar-refractivity contribution in [1.29, 1.82) is 0 Å². The first-order chi connectivity index (χ1) is 10.6. The van der Waals surface area contributed by atoms with Crippen molar-refractivity contribution in [3.8, 4) is 0 Å². The van der Waals surface area contributed by atoms with Crippen LogP contribution in [0.4, 0.5) is 0 Å². The molecule has 3 nitrogen and oxygen atoms in total. The van der Waals surface area contributed by atoms with Gasteiger partial charge in [0.1, 0.15) is 0 Å². The molecule has 0 bridgehead atoms. The van der Waals surface area contributed by atoms with Crippen molar-refractivity contribution < 1.29 is 8.42 Å². The van der Waals surface area contributed by atoms with Crippen LogP contribution in [0.5, 0.6) is 0 Å². The maximum absolute atomic E-state index is 12.4. The molecule has 0 amide bonds. The Hall–Kier alpha value is -1.65. The third kappa shape index (κ3) is 4.43. The number of nitrogens with one attached hydrogen (secondary N) is 1. The number of hydrogen-bond donors (Lipinski definition) is 1. The Kier molecular flexibility index (Phi) is 4.97. The van der Waals surface area contributed by atoms with E-state index in [4.69, 9.17) is 0 Å². The molecule has 1 atom stereocenters. The summed E-state index contributed by atoms with van der Waals surface area (Å²) in [6.07, 6.45) is 0. The molecular weight excluding hydrogens is 306 g/mol. The number of sulfonamides is 1. The molecule has 2 aromatic rings. The molecule has 0 heterocycles. The molecule has 0 saturated heterocycles. The minimum Gasteiger partial charge on any atom is -0.207 e. The number of hydrogen-bond acceptors (Lipinski definition) is 2. The molecular formula is C19H25NO2S. The van der Waals surface area contributed by atoms with Crippen molar-refractivity contribution in [3.05, 3.63) is 65.2 Å². The lowest BCUT2D eigenvalue weighted by molar-refractivity contribution is 0.566. The van der Waals surface area contributed by atoms with Crippen LogP contribution in [0.2, 0.25) is 0 Å². The zero-order valence-electron chi connectivity index (χ0n) is 14.4. The van der Waals surface area contributed by atoms with Crippen LogP contribution in [-0.4, -0.2) is 8.42 Å². The van der Waals surface area contributed by atoms with Gasteiger partial charge in [-0.2, -0.15) is 0 Å². The van der Waals surface area contributed by atoms with Crippen LogP contribution in [0.1, 0.15) is 50.4 Å². The molecule has 0 aliphatic heterocycles. The van der Waals surface area contributed by atoms with Crippen molar-refractivity contribution in [2.24, 2.45) is 0 Å². The zero-order valence-corrected chi connectivity index (χ0v) is 15.2. The second-order valence-electron chi connectivity index (χ2n) is 7.03. The smallest absolute Gasteiger partial charge is 0.207 e. The summed E-state index contributed by atoms with van der Waals surface area (Å²) in [4.78, 5) is 0.293. The third-order valence-corrected chi connectivity index (χ3v) is 5.50. The Morgan fingerprint density at radius 3 is 1.91 bits per heavy atom. The van der Waals surface area contributed by atoms with E-state index in [0.717, 1.165) is 11.1 Å². The second-order valence-corrected chi connectivity index (χ2v) is 8.74. The Labute approximate surface area is 139 Å². The monoisotopic (exact) mass is 331 g/mol. The van der Waals surface area contributed by atoms with Gasteiger partial charge in [-0.25, -0.2) is 13.1 Å². The first kappa shape index (κ1) is 17.7. The number of benzene rings is 2. The number of rotatable bonds is 4. The summed E-state index contributed by atoms with van der Waals surface area (Å²) in [7, 11) is -3.51. The summed E-state index contributed by atoms with van der Waals surface area (Å²) in [5, 5.41) is 0. The van der Waals surface area contributed by atoms with Crippen LogP contribution in [0, 0.1) is 6.92 Å². The maximum atomic E-state index is 12.4. The highest BCUT2D eigenvalue weighted by atomic mass is 32.2. The molecule has 0 saturated carbocycles. The summed E-state index contributed by atoms with van der Waals surface area (Å²) >= 11 is 0. The molecule has 1 N–H and O–H groups in total. The van der Waals surface area contributed by atoms with Gasteiger partial charge in [-0.15, -0.1) is 0 Å². The molecule has 0 radical (unpaired) electrons. The van der Waals surface area contributed by atoms with Crippen molar-refractivity contribution in [1.82, 2.24) is 4.72 Å². The fourth-order valence-corrected chi connectivity index (χ4v) is 3.59. The van der Waals surface area contributed by atoms with E-state index in [1.807, 2.05) is 26.0 Å². The van der Waals surface area contributed by atoms with Crippen molar-refractivity contribution in [2.45, 2.75) is 51.0 Å². The summed E-state index contributed by atoms with van der Waals surface area (Å²) in [6.45, 7) is 10.3. The lowest BCUT2D eigenvalue weighted by atomic mass is 9.86. The second kappa shape index (κ2) is 6.46. The van der Waals surface area contributed by atoms with Gasteiger partial charge in [0.15, 0.2) is 0 Å². The molecule has 124 valence electrons. The normalized spacial score (nSPS) is 13.8. The van der Waals surface area contributed by atoms with E-state index >= 15 is 0 Å². The number of aryl methyl sites for hydroxylation is 1. The van der Waals surface area contributed by atoms with Crippen molar-refractivity contribution >= 4 is 10.0 Å². The lowest BCUT2D eigenvalue weighted by Crippen LogP contribution is -2.27. The minimum absolute atomic E-state index is 0.0865. The standard InChI is InChI=1S/C19H25NO2S/c1-14-6-12-18(13-7-14)23(21,22)20-15(2)16-8-10-17(11-9-16)19(3,4)5/h6-13,15,20H,1-5H3. The van der Waals surface area contributed by atoms with E-state index in [1.54, 1.807) is 24.3 Å². The Morgan fingerprint density at radius 2 is 1.43 bits per heavy atom. The van der Waals surface area contributed by atoms with Crippen LogP contribution < -0.4 is 4.72 Å². The average molecular weight is 331 g/mol. The molecule has 2 rings (SSSR count). The first-order valence-corrected chi connectivity index (χ1v) is 9.27. The van der Waals surface area contributed by atoms with Gasteiger partial charge in [0.25, 0.3) is 0 Å². The molecule has 0 aliphatic carbocycles. The minimum atomic E-state index is -3.51. The van der Waals surface area contributed by atoms with E-state index in [1.165, 1.54) is 5.56 Å². The van der Waals surface area contributed by atoms with E-state index < -0.39 is 10.0 Å². The molecule has 4 heteroatoms. The van der Waals surface area contributed by atoms with Gasteiger partial charge >= 0.3 is 0 Å². The van der Waals surface area contributed by atoms with Crippen LogP contribution >= 0.6 is 0 Å². The summed E-state index contributed by atoms with van der Waals surface area (Å²) in [5.74, 6) is 0. The molecule has 0 spiro atoms. The van der Waals surface area contributed by atoms with Crippen LogP contribution in [0.15, 0.2) is 53.4 Å². The largest absolute Gasteiger partial charge is 0.241 e. The summed E-state index contributed by atoms with van der Waals surface area (Å²) in [5.41, 5.74) is 3.31. The maximum Gasteiger partial charge on any atom is 0.241 e. The molecule has 2 aromatic carbocycles. The van der Waals surface area contributed by atoms with E-state index in [9.17, 15) is 8.42 Å². The van der Waals surface area contributed by atoms with Crippen LogP contribution in [-0.2, 0) is 15.4 Å². The highest BCUT2D eigenvalue weighted by Crippen LogP contribution is 2.24. The molecule has 0 fully saturated rings. The Bertz CT molecular complexity index is 755. The first-order valence-electron chi connectivity index (χ1n) is 7.79. The van der Waals surface area contributed by atoms with Crippen LogP contribution in [0.25, 0.3) is 0 Å². The van der Waals surface area contributed by atoms with Gasteiger partial charge in [-0.3, -0.25) is 0 Å². The lowest BCUT2D eigenvalue weighted by Gasteiger charge is -2.20. The van der Waals surface area contributed by atoms with E-state index in [0.29, 0.717) is 4.90 Å². The average Bonchev–Trinajstić information content (AvgIpc) is 2.46. The van der Waals surface area contributed by atoms with Gasteiger partial charge < -0.3 is 0 Å². The van der Waals surface area contributed by atoms with Crippen molar-refractivity contribution in [2.75, 3.05) is 0 Å². The van der Waals surface area contributed by atoms with Gasteiger partial charge in [0, 0.05) is 6.04 Å². The van der Waals surface area contributed by atoms with Gasteiger partial charge in [0.05, 0.1) is 4.90 Å². The predicted molar refractivity (Wildman–Crippen MR) is 95.1 cm³/mol. The summed E-state index contributed by atoms with van der Waals surface area (Å²) < 4.78 is 27.6. The Morgan fingerprint density at radius 1 is 0.913 bits per heavy atom. The van der Waals surface area contributed by atoms with E-state index in [2.05, 4.69) is 37.6 Å². The van der Waals surface area contributed by atoms with Gasteiger partial charge in [-0.1, -0.05) is 62.7 Å². The summed E-state index contributed by atoms with van der Waals surface area (Å²) in [6, 6.07) is 14.7. The highest BCUT2D eigenvalue weighted by molar-refractivity contribution is 7.89. The fraction of sp³-hybridized carbons (Fsp3) is 0.368. The third-order valence-electron chi connectivity index (χ3n) is 3.94. The Balaban J connectivity index is 2.18.